The molecule has 106 valence electrons. The summed E-state index contributed by atoms with van der Waals surface area (Å²) in [5.74, 6) is -0.920. The first-order chi connectivity index (χ1) is 9.54. The van der Waals surface area contributed by atoms with Crippen molar-refractivity contribution in [2.75, 3.05) is 6.54 Å². The molecule has 0 saturated heterocycles. The molecule has 5 heteroatoms. The lowest BCUT2D eigenvalue weighted by molar-refractivity contribution is 0.541. The van der Waals surface area contributed by atoms with Crippen LogP contribution in [0.25, 0.3) is 0 Å². The van der Waals surface area contributed by atoms with Gasteiger partial charge in [-0.3, -0.25) is 0 Å². The lowest BCUT2D eigenvalue weighted by Gasteiger charge is -2.21. The topological polar surface area (TPSA) is 12.0 Å². The summed E-state index contributed by atoms with van der Waals surface area (Å²) < 4.78 is 28.9. The van der Waals surface area contributed by atoms with Crippen LogP contribution in [0.3, 0.4) is 0 Å². The summed E-state index contributed by atoms with van der Waals surface area (Å²) in [5, 5.41) is 3.19. The molecule has 0 aliphatic rings. The van der Waals surface area contributed by atoms with E-state index >= 15 is 0 Å². The fourth-order valence-corrected chi connectivity index (χ4v) is 2.89. The molecule has 0 aromatic heterocycles. The van der Waals surface area contributed by atoms with Crippen molar-refractivity contribution in [3.63, 3.8) is 0 Å². The maximum Gasteiger partial charge on any atom is 0.137 e. The summed E-state index contributed by atoms with van der Waals surface area (Å²) in [6.45, 7) is 2.57. The van der Waals surface area contributed by atoms with Crippen LogP contribution in [-0.4, -0.2) is 6.54 Å². The van der Waals surface area contributed by atoms with Gasteiger partial charge in [0.25, 0.3) is 0 Å². The predicted octanol–water partition coefficient (Wildman–Crippen LogP) is 5.19. The van der Waals surface area contributed by atoms with E-state index in [9.17, 15) is 8.78 Å². The van der Waals surface area contributed by atoms with Gasteiger partial charge in [-0.2, -0.15) is 0 Å². The van der Waals surface area contributed by atoms with Gasteiger partial charge < -0.3 is 5.32 Å². The first-order valence-corrected chi connectivity index (χ1v) is 7.75. The van der Waals surface area contributed by atoms with E-state index in [2.05, 4.69) is 37.2 Å². The number of hydrogen-bond acceptors (Lipinski definition) is 1. The Hall–Kier alpha value is -0.780. The highest BCUT2D eigenvalue weighted by Crippen LogP contribution is 2.32. The van der Waals surface area contributed by atoms with Gasteiger partial charge in [0.15, 0.2) is 0 Å². The van der Waals surface area contributed by atoms with Crippen LogP contribution in [0.4, 0.5) is 8.78 Å². The van der Waals surface area contributed by atoms with E-state index in [1.54, 1.807) is 0 Å². The number of benzene rings is 2. The molecular formula is C15H13Br2F2N. The van der Waals surface area contributed by atoms with Gasteiger partial charge in [-0.05, 0) is 46.2 Å². The predicted molar refractivity (Wildman–Crippen MR) is 83.7 cm³/mol. The van der Waals surface area contributed by atoms with Crippen molar-refractivity contribution in [1.82, 2.24) is 5.32 Å². The van der Waals surface area contributed by atoms with Crippen LogP contribution in [0.15, 0.2) is 45.3 Å². The van der Waals surface area contributed by atoms with Crippen molar-refractivity contribution >= 4 is 31.9 Å². The van der Waals surface area contributed by atoms with Crippen LogP contribution in [0.2, 0.25) is 0 Å². The molecule has 0 aliphatic heterocycles. The van der Waals surface area contributed by atoms with Gasteiger partial charge >= 0.3 is 0 Å². The number of rotatable bonds is 4. The Bertz CT molecular complexity index is 617. The molecule has 0 aliphatic carbocycles. The lowest BCUT2D eigenvalue weighted by Crippen LogP contribution is -2.23. The summed E-state index contributed by atoms with van der Waals surface area (Å²) in [7, 11) is 0. The standard InChI is InChI=1S/C15H13Br2F2N/c1-2-20-15(9-5-3-4-6-11(9)16)10-7-14(19)12(17)8-13(10)18/h3-8,15,20H,2H2,1H3. The summed E-state index contributed by atoms with van der Waals surface area (Å²) >= 11 is 6.45. The Labute approximate surface area is 133 Å². The molecule has 0 spiro atoms. The summed E-state index contributed by atoms with van der Waals surface area (Å²) in [6, 6.07) is 9.51. The van der Waals surface area contributed by atoms with Gasteiger partial charge in [-0.25, -0.2) is 8.78 Å². The third-order valence-electron chi connectivity index (χ3n) is 2.98. The minimum Gasteiger partial charge on any atom is -0.306 e. The van der Waals surface area contributed by atoms with Gasteiger partial charge in [0.05, 0.1) is 10.5 Å². The van der Waals surface area contributed by atoms with E-state index < -0.39 is 17.7 Å². The quantitative estimate of drug-likeness (QED) is 0.691. The van der Waals surface area contributed by atoms with Gasteiger partial charge in [0.2, 0.25) is 0 Å². The zero-order valence-corrected chi connectivity index (χ0v) is 13.9. The average Bonchev–Trinajstić information content (AvgIpc) is 2.42. The number of halogens is 4. The van der Waals surface area contributed by atoms with E-state index in [0.717, 1.165) is 16.1 Å². The Kier molecular flexibility index (Phi) is 5.29. The molecule has 2 aromatic carbocycles. The summed E-state index contributed by atoms with van der Waals surface area (Å²) in [6.07, 6.45) is 0. The molecule has 0 saturated carbocycles. The zero-order valence-electron chi connectivity index (χ0n) is 10.8. The Morgan fingerprint density at radius 3 is 2.35 bits per heavy atom. The summed E-state index contributed by atoms with van der Waals surface area (Å²) in [5.41, 5.74) is 1.16. The fourth-order valence-electron chi connectivity index (χ4n) is 2.06. The molecule has 0 heterocycles. The van der Waals surface area contributed by atoms with Crippen LogP contribution in [0.1, 0.15) is 24.1 Å². The lowest BCUT2D eigenvalue weighted by atomic mass is 9.98. The van der Waals surface area contributed by atoms with E-state index in [1.165, 1.54) is 6.07 Å². The van der Waals surface area contributed by atoms with Crippen molar-refractivity contribution in [3.8, 4) is 0 Å². The minimum atomic E-state index is -0.476. The molecule has 20 heavy (non-hydrogen) atoms. The first kappa shape index (κ1) is 15.6. The number of nitrogens with one attached hydrogen (secondary N) is 1. The van der Waals surface area contributed by atoms with Crippen LogP contribution >= 0.6 is 31.9 Å². The van der Waals surface area contributed by atoms with Crippen molar-refractivity contribution in [2.45, 2.75) is 13.0 Å². The highest BCUT2D eigenvalue weighted by atomic mass is 79.9. The maximum atomic E-state index is 14.2. The highest BCUT2D eigenvalue weighted by Gasteiger charge is 2.20. The maximum absolute atomic E-state index is 14.2. The number of hydrogen-bond donors (Lipinski definition) is 1. The minimum absolute atomic E-state index is 0.126. The molecule has 2 aromatic rings. The largest absolute Gasteiger partial charge is 0.306 e. The highest BCUT2D eigenvalue weighted by molar-refractivity contribution is 9.10. The smallest absolute Gasteiger partial charge is 0.137 e. The van der Waals surface area contributed by atoms with E-state index in [1.807, 2.05) is 31.2 Å². The third-order valence-corrected chi connectivity index (χ3v) is 4.30. The molecule has 2 rings (SSSR count). The van der Waals surface area contributed by atoms with Crippen molar-refractivity contribution < 1.29 is 8.78 Å². The molecule has 0 radical (unpaired) electrons. The van der Waals surface area contributed by atoms with Crippen LogP contribution in [0, 0.1) is 11.6 Å². The SMILES string of the molecule is CCNC(c1cc(F)c(Br)cc1F)c1ccccc1Br. The van der Waals surface area contributed by atoms with Crippen molar-refractivity contribution in [2.24, 2.45) is 0 Å². The van der Waals surface area contributed by atoms with E-state index in [-0.39, 0.29) is 4.47 Å². The molecule has 0 bridgehead atoms. The molecular weight excluding hydrogens is 392 g/mol. The second kappa shape index (κ2) is 6.78. The van der Waals surface area contributed by atoms with Gasteiger partial charge in [0.1, 0.15) is 11.6 Å². The molecule has 0 fully saturated rings. The van der Waals surface area contributed by atoms with Crippen molar-refractivity contribution in [1.29, 1.82) is 0 Å². The van der Waals surface area contributed by atoms with Crippen LogP contribution < -0.4 is 5.32 Å². The second-order valence-electron chi connectivity index (χ2n) is 4.30. The van der Waals surface area contributed by atoms with Gasteiger partial charge in [-0.1, -0.05) is 41.1 Å². The van der Waals surface area contributed by atoms with Gasteiger partial charge in [0, 0.05) is 10.0 Å². The van der Waals surface area contributed by atoms with E-state index in [0.29, 0.717) is 12.1 Å². The Morgan fingerprint density at radius 1 is 1.00 bits per heavy atom. The fraction of sp³-hybridized carbons (Fsp3) is 0.200. The molecule has 1 nitrogen and oxygen atoms in total. The van der Waals surface area contributed by atoms with Crippen LogP contribution in [0.5, 0.6) is 0 Å². The monoisotopic (exact) mass is 403 g/mol. The molecule has 1 atom stereocenters. The Balaban J connectivity index is 2.54. The molecule has 0 amide bonds. The third kappa shape index (κ3) is 3.27. The average molecular weight is 405 g/mol. The molecule has 1 unspecified atom stereocenters. The van der Waals surface area contributed by atoms with Crippen molar-refractivity contribution in [3.05, 3.63) is 68.1 Å². The van der Waals surface area contributed by atoms with Crippen LogP contribution in [-0.2, 0) is 0 Å². The molecule has 1 N–H and O–H groups in total. The van der Waals surface area contributed by atoms with Gasteiger partial charge in [-0.15, -0.1) is 0 Å². The first-order valence-electron chi connectivity index (χ1n) is 6.16. The second-order valence-corrected chi connectivity index (χ2v) is 6.01. The normalized spacial score (nSPS) is 12.4. The van der Waals surface area contributed by atoms with E-state index in [4.69, 9.17) is 0 Å². The zero-order chi connectivity index (χ0) is 14.7. The Morgan fingerprint density at radius 2 is 1.70 bits per heavy atom. The summed E-state index contributed by atoms with van der Waals surface area (Å²) in [4.78, 5) is 0.